The summed E-state index contributed by atoms with van der Waals surface area (Å²) in [5.74, 6) is -0.587. The lowest BCUT2D eigenvalue weighted by Gasteiger charge is -2.35. The summed E-state index contributed by atoms with van der Waals surface area (Å²) in [6.07, 6.45) is 5.09. The number of amides is 2. The average molecular weight is 737 g/mol. The Morgan fingerprint density at radius 1 is 0.840 bits per heavy atom. The van der Waals surface area contributed by atoms with Crippen LogP contribution in [0.5, 0.6) is 5.75 Å². The summed E-state index contributed by atoms with van der Waals surface area (Å²) >= 11 is 12.7. The maximum atomic E-state index is 14.9. The quantitative estimate of drug-likeness (QED) is 0.151. The van der Waals surface area contributed by atoms with E-state index in [2.05, 4.69) is 5.32 Å². The van der Waals surface area contributed by atoms with E-state index in [4.69, 9.17) is 27.9 Å². The second-order valence-corrected chi connectivity index (χ2v) is 15.5. The molecule has 11 heteroatoms. The van der Waals surface area contributed by atoms with E-state index in [1.807, 2.05) is 50.2 Å². The molecule has 0 aliphatic heterocycles. The average Bonchev–Trinajstić information content (AvgIpc) is 3.11. The highest BCUT2D eigenvalue weighted by Gasteiger charge is 2.36. The second-order valence-electron chi connectivity index (χ2n) is 12.8. The number of ether oxygens (including phenoxy) is 1. The Balaban J connectivity index is 1.61. The van der Waals surface area contributed by atoms with Gasteiger partial charge in [0.1, 0.15) is 18.3 Å². The zero-order valence-corrected chi connectivity index (χ0v) is 30.9. The molecule has 2 amide bonds. The zero-order chi connectivity index (χ0) is 35.8. The van der Waals surface area contributed by atoms with E-state index in [9.17, 15) is 18.0 Å². The minimum atomic E-state index is -4.29. The maximum absolute atomic E-state index is 14.9. The largest absolute Gasteiger partial charge is 0.495 e. The van der Waals surface area contributed by atoms with Crippen LogP contribution in [-0.4, -0.2) is 50.9 Å². The van der Waals surface area contributed by atoms with Crippen LogP contribution in [0.2, 0.25) is 10.0 Å². The van der Waals surface area contributed by atoms with Gasteiger partial charge >= 0.3 is 0 Å². The minimum Gasteiger partial charge on any atom is -0.495 e. The number of hydrogen-bond donors (Lipinski definition) is 1. The number of halogens is 2. The van der Waals surface area contributed by atoms with Crippen molar-refractivity contribution in [2.24, 2.45) is 0 Å². The third-order valence-corrected chi connectivity index (χ3v) is 11.6. The van der Waals surface area contributed by atoms with Crippen molar-refractivity contribution < 1.29 is 22.7 Å². The fourth-order valence-corrected chi connectivity index (χ4v) is 8.02. The van der Waals surface area contributed by atoms with E-state index in [-0.39, 0.29) is 41.2 Å². The molecule has 0 unspecified atom stereocenters. The summed E-state index contributed by atoms with van der Waals surface area (Å²) in [5.41, 5.74) is 3.37. The van der Waals surface area contributed by atoms with Gasteiger partial charge in [0.05, 0.1) is 27.7 Å². The molecule has 1 N–H and O–H groups in total. The number of carbonyl (C=O) groups is 2. The molecule has 0 heterocycles. The van der Waals surface area contributed by atoms with Crippen molar-refractivity contribution in [3.63, 3.8) is 0 Å². The van der Waals surface area contributed by atoms with Gasteiger partial charge in [0.2, 0.25) is 11.8 Å². The van der Waals surface area contributed by atoms with Gasteiger partial charge in [0.25, 0.3) is 10.0 Å². The number of hydrogen-bond acceptors (Lipinski definition) is 5. The Morgan fingerprint density at radius 3 is 2.18 bits per heavy atom. The molecule has 0 radical (unpaired) electrons. The van der Waals surface area contributed by atoms with Crippen molar-refractivity contribution in [3.05, 3.63) is 123 Å². The van der Waals surface area contributed by atoms with Gasteiger partial charge in [-0.3, -0.25) is 13.9 Å². The number of methoxy groups -OCH3 is 1. The van der Waals surface area contributed by atoms with E-state index >= 15 is 0 Å². The molecule has 1 atom stereocenters. The lowest BCUT2D eigenvalue weighted by molar-refractivity contribution is -0.140. The number of carbonyl (C=O) groups excluding carboxylic acids is 2. The first-order chi connectivity index (χ1) is 24.0. The van der Waals surface area contributed by atoms with Gasteiger partial charge in [0, 0.05) is 19.0 Å². The highest BCUT2D eigenvalue weighted by atomic mass is 35.5. The van der Waals surface area contributed by atoms with E-state index in [0.717, 1.165) is 53.1 Å². The Kier molecular flexibility index (Phi) is 12.5. The van der Waals surface area contributed by atoms with Gasteiger partial charge in [0.15, 0.2) is 0 Å². The Labute approximate surface area is 305 Å². The van der Waals surface area contributed by atoms with E-state index < -0.39 is 28.5 Å². The van der Waals surface area contributed by atoms with Gasteiger partial charge in [-0.25, -0.2) is 8.42 Å². The van der Waals surface area contributed by atoms with Crippen molar-refractivity contribution in [1.82, 2.24) is 10.2 Å². The number of rotatable bonds is 13. The first-order valence-electron chi connectivity index (χ1n) is 16.8. The maximum Gasteiger partial charge on any atom is 0.264 e. The summed E-state index contributed by atoms with van der Waals surface area (Å²) in [6.45, 7) is 3.09. The molecule has 4 aromatic rings. The van der Waals surface area contributed by atoms with Gasteiger partial charge in [-0.15, -0.1) is 0 Å². The highest BCUT2D eigenvalue weighted by Crippen LogP contribution is 2.34. The van der Waals surface area contributed by atoms with Crippen molar-refractivity contribution in [3.8, 4) is 5.75 Å². The third-order valence-electron chi connectivity index (χ3n) is 9.05. The molecule has 0 saturated heterocycles. The molecule has 0 aromatic heterocycles. The smallest absolute Gasteiger partial charge is 0.264 e. The molecule has 1 fully saturated rings. The molecule has 8 nitrogen and oxygen atoms in total. The summed E-state index contributed by atoms with van der Waals surface area (Å²) in [4.78, 5) is 30.7. The van der Waals surface area contributed by atoms with Gasteiger partial charge in [-0.1, -0.05) is 103 Å². The molecule has 1 aliphatic carbocycles. The van der Waals surface area contributed by atoms with Crippen LogP contribution in [-0.2, 0) is 32.6 Å². The first-order valence-corrected chi connectivity index (χ1v) is 19.0. The fourth-order valence-electron chi connectivity index (χ4n) is 6.28. The lowest BCUT2D eigenvalue weighted by Crippen LogP contribution is -2.55. The van der Waals surface area contributed by atoms with Gasteiger partial charge < -0.3 is 15.0 Å². The summed E-state index contributed by atoms with van der Waals surface area (Å²) in [7, 11) is -2.84. The van der Waals surface area contributed by atoms with Crippen LogP contribution in [0.3, 0.4) is 0 Å². The van der Waals surface area contributed by atoms with E-state index in [1.165, 1.54) is 24.1 Å². The van der Waals surface area contributed by atoms with Crippen LogP contribution in [0.15, 0.2) is 95.9 Å². The van der Waals surface area contributed by atoms with Crippen LogP contribution in [0.4, 0.5) is 5.69 Å². The number of nitrogens with one attached hydrogen (secondary N) is 1. The topological polar surface area (TPSA) is 96.0 Å². The summed E-state index contributed by atoms with van der Waals surface area (Å²) < 4.78 is 35.6. The number of benzene rings is 4. The monoisotopic (exact) mass is 735 g/mol. The number of anilines is 1. The highest BCUT2D eigenvalue weighted by molar-refractivity contribution is 7.92. The summed E-state index contributed by atoms with van der Waals surface area (Å²) in [5, 5.41) is 3.88. The van der Waals surface area contributed by atoms with Crippen LogP contribution in [0.1, 0.15) is 54.4 Å². The third kappa shape index (κ3) is 9.19. The molecule has 1 saturated carbocycles. The van der Waals surface area contributed by atoms with Gasteiger partial charge in [-0.05, 0) is 79.8 Å². The molecule has 4 aromatic carbocycles. The van der Waals surface area contributed by atoms with Crippen molar-refractivity contribution in [1.29, 1.82) is 0 Å². The lowest BCUT2D eigenvalue weighted by atomic mass is 9.94. The SMILES string of the molecule is COc1ccc(C)cc1N(CC(=O)N(Cc1ccc(Cl)c(Cl)c1)[C@@H](Cc1ccccc1)C(=O)NC1CCCCC1)S(=O)(=O)c1ccc(C)cc1. The van der Waals surface area contributed by atoms with E-state index in [1.54, 1.807) is 42.5 Å². The minimum absolute atomic E-state index is 0.00794. The Morgan fingerprint density at radius 2 is 1.52 bits per heavy atom. The van der Waals surface area contributed by atoms with Crippen LogP contribution >= 0.6 is 23.2 Å². The van der Waals surface area contributed by atoms with Crippen LogP contribution in [0.25, 0.3) is 0 Å². The van der Waals surface area contributed by atoms with Gasteiger partial charge in [-0.2, -0.15) is 0 Å². The van der Waals surface area contributed by atoms with Crippen LogP contribution < -0.4 is 14.4 Å². The van der Waals surface area contributed by atoms with Crippen molar-refractivity contribution in [2.75, 3.05) is 18.0 Å². The summed E-state index contributed by atoms with van der Waals surface area (Å²) in [6, 6.07) is 25.2. The second kappa shape index (κ2) is 16.8. The fraction of sp³-hybridized carbons (Fsp3) is 0.333. The molecule has 5 rings (SSSR count). The van der Waals surface area contributed by atoms with E-state index in [0.29, 0.717) is 15.6 Å². The first kappa shape index (κ1) is 37.2. The molecule has 0 bridgehead atoms. The van der Waals surface area contributed by atoms with Crippen molar-refractivity contribution >= 4 is 50.7 Å². The molecular formula is C39H43Cl2N3O5S. The molecule has 264 valence electrons. The number of sulfonamides is 1. The molecular weight excluding hydrogens is 693 g/mol. The van der Waals surface area contributed by atoms with Crippen LogP contribution in [0, 0.1) is 13.8 Å². The normalized spacial score (nSPS) is 14.1. The predicted octanol–water partition coefficient (Wildman–Crippen LogP) is 7.90. The molecule has 0 spiro atoms. The standard InChI is InChI=1S/C39H43Cl2N3O5S/c1-27-14-18-32(19-15-27)50(47,48)44(35-22-28(2)16-21-37(35)49-3)26-38(45)43(25-30-17-20-33(40)34(41)23-30)36(24-29-10-6-4-7-11-29)39(46)42-31-12-8-5-9-13-31/h4,6-7,10-11,14-23,31,36H,5,8-9,12-13,24-26H2,1-3H3,(H,42,46)/t36-/m0/s1. The molecule has 50 heavy (non-hydrogen) atoms. The Hall–Kier alpha value is -4.05. The zero-order valence-electron chi connectivity index (χ0n) is 28.6. The number of nitrogens with zero attached hydrogens (tertiary/aromatic N) is 2. The predicted molar refractivity (Wildman–Crippen MR) is 199 cm³/mol. The van der Waals surface area contributed by atoms with Crippen molar-refractivity contribution in [2.45, 2.75) is 75.9 Å². The molecule has 1 aliphatic rings. The Bertz CT molecular complexity index is 1900. The number of aryl methyl sites for hydroxylation is 2.